The maximum Gasteiger partial charge on any atom is 0.0749 e. The van der Waals surface area contributed by atoms with Crippen molar-refractivity contribution in [2.45, 2.75) is 25.4 Å². The van der Waals surface area contributed by atoms with Gasteiger partial charge in [-0.05, 0) is 36.3 Å². The van der Waals surface area contributed by atoms with Gasteiger partial charge in [0.15, 0.2) is 0 Å². The minimum Gasteiger partial charge on any atom is -0.389 e. The average molecular weight is 188 g/mol. The highest BCUT2D eigenvalue weighted by Gasteiger charge is 2.22. The van der Waals surface area contributed by atoms with Crippen LogP contribution in [0.5, 0.6) is 0 Å². The van der Waals surface area contributed by atoms with Crippen LogP contribution in [0, 0.1) is 5.92 Å². The van der Waals surface area contributed by atoms with Crippen LogP contribution in [0.25, 0.3) is 0 Å². The summed E-state index contributed by atoms with van der Waals surface area (Å²) in [7, 11) is 0. The van der Waals surface area contributed by atoms with Crippen LogP contribution in [0.15, 0.2) is 36.9 Å². The molecule has 0 saturated carbocycles. The van der Waals surface area contributed by atoms with Crippen molar-refractivity contribution in [2.24, 2.45) is 5.92 Å². The van der Waals surface area contributed by atoms with Crippen molar-refractivity contribution in [3.05, 3.63) is 48.0 Å². The monoisotopic (exact) mass is 188 g/mol. The molecule has 74 valence electrons. The number of hydrogen-bond donors (Lipinski definition) is 1. The summed E-state index contributed by atoms with van der Waals surface area (Å²) in [6.07, 6.45) is 4.46. The average Bonchev–Trinajstić information content (AvgIpc) is 2.27. The van der Waals surface area contributed by atoms with Gasteiger partial charge in [0, 0.05) is 0 Å². The van der Waals surface area contributed by atoms with E-state index in [2.05, 4.69) is 30.8 Å². The predicted octanol–water partition coefficient (Wildman–Crippen LogP) is 2.34. The fraction of sp³-hybridized carbons (Fsp3) is 0.385. The van der Waals surface area contributed by atoms with Crippen LogP contribution >= 0.6 is 0 Å². The third-order valence-electron chi connectivity index (χ3n) is 3.11. The molecule has 0 aliphatic heterocycles. The highest BCUT2D eigenvalue weighted by Crippen LogP contribution is 2.27. The predicted molar refractivity (Wildman–Crippen MR) is 58.2 cm³/mol. The van der Waals surface area contributed by atoms with Gasteiger partial charge < -0.3 is 5.11 Å². The topological polar surface area (TPSA) is 20.2 Å². The van der Waals surface area contributed by atoms with Crippen LogP contribution in [-0.4, -0.2) is 11.2 Å². The molecule has 2 atom stereocenters. The molecule has 0 bridgehead atoms. The highest BCUT2D eigenvalue weighted by atomic mass is 16.3. The normalized spacial score (nSPS) is 22.5. The molecule has 1 aromatic rings. The molecular weight excluding hydrogens is 172 g/mol. The molecule has 14 heavy (non-hydrogen) atoms. The van der Waals surface area contributed by atoms with Crippen molar-refractivity contribution in [3.8, 4) is 0 Å². The van der Waals surface area contributed by atoms with Gasteiger partial charge in [-0.2, -0.15) is 0 Å². The van der Waals surface area contributed by atoms with Crippen LogP contribution in [-0.2, 0) is 12.8 Å². The molecule has 0 radical (unpaired) electrons. The van der Waals surface area contributed by atoms with E-state index in [1.165, 1.54) is 11.1 Å². The second-order valence-electron chi connectivity index (χ2n) is 4.00. The summed E-state index contributed by atoms with van der Waals surface area (Å²) in [6, 6.07) is 8.51. The van der Waals surface area contributed by atoms with Gasteiger partial charge in [-0.15, -0.1) is 6.58 Å². The van der Waals surface area contributed by atoms with Gasteiger partial charge in [0.05, 0.1) is 6.10 Å². The lowest BCUT2D eigenvalue weighted by Gasteiger charge is -2.26. The zero-order chi connectivity index (χ0) is 9.97. The summed E-state index contributed by atoms with van der Waals surface area (Å²) in [5, 5.41) is 9.69. The summed E-state index contributed by atoms with van der Waals surface area (Å²) in [5.41, 5.74) is 2.84. The van der Waals surface area contributed by atoms with E-state index in [9.17, 15) is 5.11 Å². The molecule has 0 saturated heterocycles. The van der Waals surface area contributed by atoms with E-state index >= 15 is 0 Å². The number of rotatable bonds is 2. The Bertz CT molecular complexity index is 330. The minimum atomic E-state index is -0.344. The summed E-state index contributed by atoms with van der Waals surface area (Å²) in [4.78, 5) is 0. The first kappa shape index (κ1) is 9.47. The van der Waals surface area contributed by atoms with E-state index in [0.29, 0.717) is 5.92 Å². The lowest BCUT2D eigenvalue weighted by Crippen LogP contribution is -2.24. The summed E-state index contributed by atoms with van der Waals surface area (Å²) in [5.74, 6) is 0.363. The second-order valence-corrected chi connectivity index (χ2v) is 4.00. The molecule has 0 spiro atoms. The van der Waals surface area contributed by atoms with Gasteiger partial charge in [-0.25, -0.2) is 0 Å². The summed E-state index contributed by atoms with van der Waals surface area (Å²) in [6.45, 7) is 3.64. The fourth-order valence-electron chi connectivity index (χ4n) is 2.21. The Hall–Kier alpha value is -1.08. The molecule has 2 unspecified atom stereocenters. The maximum absolute atomic E-state index is 9.69. The molecule has 1 aromatic carbocycles. The van der Waals surface area contributed by atoms with E-state index in [-0.39, 0.29) is 6.10 Å². The molecule has 1 aliphatic carbocycles. The fourth-order valence-corrected chi connectivity index (χ4v) is 2.21. The number of benzene rings is 1. The summed E-state index contributed by atoms with van der Waals surface area (Å²) < 4.78 is 0. The van der Waals surface area contributed by atoms with E-state index < -0.39 is 0 Å². The standard InChI is InChI=1S/C13H16O/c1-2-13(14)12-8-7-10-5-3-4-6-11(10)9-12/h2-6,12-14H,1,7-9H2. The van der Waals surface area contributed by atoms with E-state index in [1.54, 1.807) is 6.08 Å². The molecule has 0 heterocycles. The van der Waals surface area contributed by atoms with Crippen LogP contribution in [0.4, 0.5) is 0 Å². The van der Waals surface area contributed by atoms with Gasteiger partial charge >= 0.3 is 0 Å². The van der Waals surface area contributed by atoms with Crippen molar-refractivity contribution >= 4 is 0 Å². The molecule has 0 fully saturated rings. The quantitative estimate of drug-likeness (QED) is 0.706. The SMILES string of the molecule is C=CC(O)C1CCc2ccccc2C1. The van der Waals surface area contributed by atoms with Crippen LogP contribution in [0.1, 0.15) is 17.5 Å². The van der Waals surface area contributed by atoms with Crippen LogP contribution in [0.3, 0.4) is 0 Å². The lowest BCUT2D eigenvalue weighted by molar-refractivity contribution is 0.143. The Labute approximate surface area is 85.1 Å². The van der Waals surface area contributed by atoms with E-state index in [0.717, 1.165) is 19.3 Å². The third kappa shape index (κ3) is 1.73. The molecule has 1 aliphatic rings. The Balaban J connectivity index is 2.17. The molecule has 1 N–H and O–H groups in total. The van der Waals surface area contributed by atoms with Crippen LogP contribution < -0.4 is 0 Å². The Morgan fingerprint density at radius 2 is 2.07 bits per heavy atom. The first-order chi connectivity index (χ1) is 6.81. The summed E-state index contributed by atoms with van der Waals surface area (Å²) >= 11 is 0. The third-order valence-corrected chi connectivity index (χ3v) is 3.11. The number of aliphatic hydroxyl groups is 1. The van der Waals surface area contributed by atoms with Gasteiger partial charge in [0.25, 0.3) is 0 Å². The first-order valence-electron chi connectivity index (χ1n) is 5.18. The Morgan fingerprint density at radius 3 is 2.79 bits per heavy atom. The molecule has 0 amide bonds. The number of fused-ring (bicyclic) bond motifs is 1. The molecule has 1 nitrogen and oxygen atoms in total. The zero-order valence-corrected chi connectivity index (χ0v) is 8.32. The van der Waals surface area contributed by atoms with Crippen molar-refractivity contribution in [1.82, 2.24) is 0 Å². The number of hydrogen-bond acceptors (Lipinski definition) is 1. The zero-order valence-electron chi connectivity index (χ0n) is 8.32. The van der Waals surface area contributed by atoms with Gasteiger partial charge in [-0.3, -0.25) is 0 Å². The van der Waals surface area contributed by atoms with E-state index in [1.807, 2.05) is 0 Å². The number of aliphatic hydroxyl groups excluding tert-OH is 1. The molecular formula is C13H16O. The number of aryl methyl sites for hydroxylation is 1. The lowest BCUT2D eigenvalue weighted by atomic mass is 9.81. The Morgan fingerprint density at radius 1 is 1.36 bits per heavy atom. The molecule has 0 aromatic heterocycles. The minimum absolute atomic E-state index is 0.344. The maximum atomic E-state index is 9.69. The van der Waals surface area contributed by atoms with Crippen molar-refractivity contribution in [1.29, 1.82) is 0 Å². The van der Waals surface area contributed by atoms with Gasteiger partial charge in [0.1, 0.15) is 0 Å². The Kier molecular flexibility index (Phi) is 2.69. The molecule has 1 heteroatoms. The smallest absolute Gasteiger partial charge is 0.0749 e. The first-order valence-corrected chi connectivity index (χ1v) is 5.18. The van der Waals surface area contributed by atoms with Gasteiger partial charge in [0.2, 0.25) is 0 Å². The van der Waals surface area contributed by atoms with Crippen LogP contribution in [0.2, 0.25) is 0 Å². The van der Waals surface area contributed by atoms with Crippen molar-refractivity contribution < 1.29 is 5.11 Å². The van der Waals surface area contributed by atoms with Gasteiger partial charge in [-0.1, -0.05) is 30.3 Å². The van der Waals surface area contributed by atoms with E-state index in [4.69, 9.17) is 0 Å². The van der Waals surface area contributed by atoms with Crippen molar-refractivity contribution in [3.63, 3.8) is 0 Å². The highest BCUT2D eigenvalue weighted by molar-refractivity contribution is 5.30. The second kappa shape index (κ2) is 3.97. The van der Waals surface area contributed by atoms with Crippen molar-refractivity contribution in [2.75, 3.05) is 0 Å². The molecule has 2 rings (SSSR count). The largest absolute Gasteiger partial charge is 0.389 e.